The minimum Gasteiger partial charge on any atom is -0.465 e. The number of nitriles is 1. The topological polar surface area (TPSA) is 141 Å². The van der Waals surface area contributed by atoms with Gasteiger partial charge in [0.1, 0.15) is 6.07 Å². The lowest BCUT2D eigenvalue weighted by Gasteiger charge is -2.32. The van der Waals surface area contributed by atoms with Gasteiger partial charge in [-0.2, -0.15) is 20.3 Å². The second kappa shape index (κ2) is 9.13. The predicted molar refractivity (Wildman–Crippen MR) is 114 cm³/mol. The summed E-state index contributed by atoms with van der Waals surface area (Å²) in [7, 11) is 0. The Labute approximate surface area is 178 Å². The number of carboxylic acid groups (broad SMARTS) is 1. The highest BCUT2D eigenvalue weighted by atomic mass is 16.4. The van der Waals surface area contributed by atoms with Crippen LogP contribution in [0.5, 0.6) is 0 Å². The molecule has 1 aromatic carbocycles. The second-order valence-corrected chi connectivity index (χ2v) is 7.32. The Kier molecular flexibility index (Phi) is 5.93. The number of rotatable bonds is 6. The van der Waals surface area contributed by atoms with Gasteiger partial charge in [-0.3, -0.25) is 0 Å². The zero-order valence-corrected chi connectivity index (χ0v) is 16.7. The third kappa shape index (κ3) is 4.90. The molecule has 10 heteroatoms. The van der Waals surface area contributed by atoms with Gasteiger partial charge in [0.2, 0.25) is 0 Å². The first-order valence-electron chi connectivity index (χ1n) is 10.0. The smallest absolute Gasteiger partial charge is 0.404 e. The summed E-state index contributed by atoms with van der Waals surface area (Å²) in [5.74, 6) is 0. The first-order chi connectivity index (χ1) is 15.1. The fourth-order valence-electron chi connectivity index (χ4n) is 3.79. The van der Waals surface area contributed by atoms with Gasteiger partial charge in [0.25, 0.3) is 0 Å². The molecule has 0 saturated heterocycles. The van der Waals surface area contributed by atoms with Crippen LogP contribution in [-0.4, -0.2) is 43.3 Å². The predicted octanol–water partition coefficient (Wildman–Crippen LogP) is 3.27. The number of benzene rings is 1. The molecule has 1 aliphatic rings. The van der Waals surface area contributed by atoms with E-state index in [1.165, 1.54) is 4.80 Å². The zero-order chi connectivity index (χ0) is 21.6. The van der Waals surface area contributed by atoms with E-state index in [9.17, 15) is 10.1 Å². The molecule has 0 radical (unpaired) electrons. The average molecular weight is 418 g/mol. The van der Waals surface area contributed by atoms with Crippen LogP contribution in [0.1, 0.15) is 31.4 Å². The first-order valence-corrected chi connectivity index (χ1v) is 10.0. The maximum absolute atomic E-state index is 11.1. The summed E-state index contributed by atoms with van der Waals surface area (Å²) in [6.07, 6.45) is 7.43. The van der Waals surface area contributed by atoms with E-state index in [2.05, 4.69) is 37.2 Å². The number of hydrogen-bond acceptors (Lipinski definition) is 7. The number of carbonyl (C=O) groups is 1. The molecule has 31 heavy (non-hydrogen) atoms. The van der Waals surface area contributed by atoms with Crippen molar-refractivity contribution < 1.29 is 9.90 Å². The molecule has 2 atom stereocenters. The van der Waals surface area contributed by atoms with Gasteiger partial charge in [-0.25, -0.2) is 9.78 Å². The molecule has 1 aliphatic carbocycles. The number of anilines is 3. The molecular formula is C21H22N8O2. The number of nitrogens with zero attached hydrogens (tertiary/aromatic N) is 5. The van der Waals surface area contributed by atoms with Gasteiger partial charge in [-0.1, -0.05) is 18.9 Å². The van der Waals surface area contributed by atoms with Gasteiger partial charge >= 0.3 is 6.09 Å². The Morgan fingerprint density at radius 2 is 1.90 bits per heavy atom. The van der Waals surface area contributed by atoms with Crippen molar-refractivity contribution in [3.8, 4) is 11.8 Å². The van der Waals surface area contributed by atoms with Gasteiger partial charge in [-0.05, 0) is 37.1 Å². The summed E-state index contributed by atoms with van der Waals surface area (Å²) >= 11 is 0. The number of aromatic nitrogens is 4. The maximum atomic E-state index is 11.1. The molecule has 10 nitrogen and oxygen atoms in total. The summed E-state index contributed by atoms with van der Waals surface area (Å²) in [5, 5.41) is 36.1. The van der Waals surface area contributed by atoms with E-state index in [-0.39, 0.29) is 17.8 Å². The molecule has 3 aromatic rings. The summed E-state index contributed by atoms with van der Waals surface area (Å²) in [6.45, 7) is 0. The van der Waals surface area contributed by atoms with Crippen LogP contribution in [0.3, 0.4) is 0 Å². The lowest BCUT2D eigenvalue weighted by molar-refractivity contribution is 0.184. The quantitative estimate of drug-likeness (QED) is 0.478. The Hall–Kier alpha value is -4.13. The molecule has 4 rings (SSSR count). The molecule has 1 amide bonds. The van der Waals surface area contributed by atoms with Crippen molar-refractivity contribution in [2.45, 2.75) is 37.8 Å². The van der Waals surface area contributed by atoms with E-state index in [0.717, 1.165) is 42.7 Å². The lowest BCUT2D eigenvalue weighted by Crippen LogP contribution is -2.48. The Morgan fingerprint density at radius 3 is 2.65 bits per heavy atom. The van der Waals surface area contributed by atoms with E-state index < -0.39 is 6.09 Å². The molecule has 0 spiro atoms. The van der Waals surface area contributed by atoms with E-state index in [4.69, 9.17) is 5.11 Å². The van der Waals surface area contributed by atoms with Crippen molar-refractivity contribution in [2.24, 2.45) is 0 Å². The van der Waals surface area contributed by atoms with Crippen LogP contribution in [0.15, 0.2) is 48.9 Å². The summed E-state index contributed by atoms with van der Waals surface area (Å²) < 4.78 is 0. The van der Waals surface area contributed by atoms with Crippen LogP contribution in [0.25, 0.3) is 5.69 Å². The van der Waals surface area contributed by atoms with Crippen molar-refractivity contribution >= 4 is 23.2 Å². The van der Waals surface area contributed by atoms with Gasteiger partial charge < -0.3 is 21.1 Å². The fourth-order valence-corrected chi connectivity index (χ4v) is 3.79. The lowest BCUT2D eigenvalue weighted by atomic mass is 9.90. The Bertz CT molecular complexity index is 1090. The molecule has 2 heterocycles. The van der Waals surface area contributed by atoms with E-state index in [0.29, 0.717) is 5.69 Å². The van der Waals surface area contributed by atoms with Crippen molar-refractivity contribution in [3.05, 3.63) is 54.6 Å². The Morgan fingerprint density at radius 1 is 1.13 bits per heavy atom. The normalized spacial score (nSPS) is 18.0. The maximum Gasteiger partial charge on any atom is 0.404 e. The molecule has 0 bridgehead atoms. The monoisotopic (exact) mass is 418 g/mol. The largest absolute Gasteiger partial charge is 0.465 e. The van der Waals surface area contributed by atoms with Crippen molar-refractivity contribution in [1.82, 2.24) is 25.3 Å². The first kappa shape index (κ1) is 20.2. The average Bonchev–Trinajstić information content (AvgIpc) is 3.30. The summed E-state index contributed by atoms with van der Waals surface area (Å²) in [5.41, 5.74) is 3.07. The highest BCUT2D eigenvalue weighted by Crippen LogP contribution is 2.27. The molecule has 0 unspecified atom stereocenters. The van der Waals surface area contributed by atoms with Crippen LogP contribution >= 0.6 is 0 Å². The summed E-state index contributed by atoms with van der Waals surface area (Å²) in [4.78, 5) is 16.9. The molecule has 2 aromatic heterocycles. The van der Waals surface area contributed by atoms with Crippen LogP contribution in [0.4, 0.5) is 21.9 Å². The van der Waals surface area contributed by atoms with Gasteiger partial charge in [0.15, 0.2) is 5.69 Å². The number of amides is 1. The molecular weight excluding hydrogens is 396 g/mol. The number of nitrogens with one attached hydrogen (secondary N) is 3. The summed E-state index contributed by atoms with van der Waals surface area (Å²) in [6, 6.07) is 11.2. The zero-order valence-electron chi connectivity index (χ0n) is 16.7. The highest BCUT2D eigenvalue weighted by molar-refractivity contribution is 5.70. The van der Waals surface area contributed by atoms with Crippen LogP contribution < -0.4 is 16.0 Å². The van der Waals surface area contributed by atoms with Gasteiger partial charge in [0, 0.05) is 11.7 Å². The highest BCUT2D eigenvalue weighted by Gasteiger charge is 2.26. The second-order valence-electron chi connectivity index (χ2n) is 7.32. The van der Waals surface area contributed by atoms with Crippen LogP contribution in [0.2, 0.25) is 0 Å². The SMILES string of the molecule is N#Cc1ncc(N[C@@H]2CCCC[C@@H]2NC(=O)O)cc1Nc1cccc(-n2nccn2)c1. The van der Waals surface area contributed by atoms with Crippen LogP contribution in [0, 0.1) is 11.3 Å². The van der Waals surface area contributed by atoms with Crippen LogP contribution in [-0.2, 0) is 0 Å². The van der Waals surface area contributed by atoms with Crippen molar-refractivity contribution in [2.75, 3.05) is 10.6 Å². The van der Waals surface area contributed by atoms with E-state index in [1.54, 1.807) is 18.6 Å². The minimum atomic E-state index is -1.02. The molecule has 1 fully saturated rings. The van der Waals surface area contributed by atoms with Crippen molar-refractivity contribution in [1.29, 1.82) is 5.26 Å². The Balaban J connectivity index is 1.55. The van der Waals surface area contributed by atoms with Crippen molar-refractivity contribution in [3.63, 3.8) is 0 Å². The molecule has 0 aliphatic heterocycles. The van der Waals surface area contributed by atoms with E-state index in [1.807, 2.05) is 30.3 Å². The van der Waals surface area contributed by atoms with Gasteiger partial charge in [0.05, 0.1) is 41.7 Å². The number of hydrogen-bond donors (Lipinski definition) is 4. The van der Waals surface area contributed by atoms with E-state index >= 15 is 0 Å². The standard InChI is InChI=1S/C21H22N8O2/c22-12-20-19(26-14-4-3-5-16(10-14)29-24-8-9-25-29)11-15(13-23-20)27-17-6-1-2-7-18(17)28-21(30)31/h3-5,8-11,13,17-18,26-28H,1-2,6-7H2,(H,30,31)/t17-,18+/m1/s1. The molecule has 4 N–H and O–H groups in total. The molecule has 158 valence electrons. The molecule has 1 saturated carbocycles. The third-order valence-corrected chi connectivity index (χ3v) is 5.20. The minimum absolute atomic E-state index is 0.0401. The fraction of sp³-hybridized carbons (Fsp3) is 0.286. The third-order valence-electron chi connectivity index (χ3n) is 5.20. The number of pyridine rings is 1. The van der Waals surface area contributed by atoms with Gasteiger partial charge in [-0.15, -0.1) is 0 Å².